The lowest BCUT2D eigenvalue weighted by atomic mass is 10.0. The van der Waals surface area contributed by atoms with Crippen LogP contribution in [0.2, 0.25) is 0 Å². The van der Waals surface area contributed by atoms with Gasteiger partial charge in [0.1, 0.15) is 13.2 Å². The molecule has 6 nitrogen and oxygen atoms in total. The average Bonchev–Trinajstić information content (AvgIpc) is 3.30. The lowest BCUT2D eigenvalue weighted by Crippen LogP contribution is -2.30. The molecule has 0 N–H and O–H groups in total. The van der Waals surface area contributed by atoms with Crippen molar-refractivity contribution in [3.8, 4) is 0 Å². The Bertz CT molecular complexity index is 1230. The first-order valence-electron chi connectivity index (χ1n) is 27.4. The normalized spacial score (nSPS) is 12.6. The minimum Gasteiger partial charge on any atom is -0.462 e. The summed E-state index contributed by atoms with van der Waals surface area (Å²) in [6.45, 7) is 6.45. The van der Waals surface area contributed by atoms with Crippen molar-refractivity contribution in [3.63, 3.8) is 0 Å². The predicted octanol–water partition coefficient (Wildman–Crippen LogP) is 18.2. The minimum absolute atomic E-state index is 0.0986. The first kappa shape index (κ1) is 61.9. The Morgan fingerprint density at radius 1 is 0.323 bits per heavy atom. The maximum atomic E-state index is 12.8. The fourth-order valence-corrected chi connectivity index (χ4v) is 7.58. The Hall–Kier alpha value is -3.15. The number of allylic oxidation sites excluding steroid dienone is 12. The van der Waals surface area contributed by atoms with Crippen molar-refractivity contribution < 1.29 is 28.6 Å². The van der Waals surface area contributed by atoms with Crippen LogP contribution in [-0.2, 0) is 28.6 Å². The van der Waals surface area contributed by atoms with Crippen LogP contribution >= 0.6 is 0 Å². The zero-order valence-corrected chi connectivity index (χ0v) is 42.7. The third kappa shape index (κ3) is 51.7. The first-order valence-corrected chi connectivity index (χ1v) is 27.4. The van der Waals surface area contributed by atoms with Crippen LogP contribution in [0.5, 0.6) is 0 Å². The van der Waals surface area contributed by atoms with E-state index in [0.717, 1.165) is 89.9 Å². The highest BCUT2D eigenvalue weighted by molar-refractivity contribution is 5.71. The number of carbonyl (C=O) groups excluding carboxylic acids is 3. The third-order valence-corrected chi connectivity index (χ3v) is 11.7. The second-order valence-corrected chi connectivity index (χ2v) is 18.1. The van der Waals surface area contributed by atoms with Gasteiger partial charge in [-0.2, -0.15) is 0 Å². The molecular weight excluding hydrogens is 805 g/mol. The summed E-state index contributed by atoms with van der Waals surface area (Å²) >= 11 is 0. The molecule has 0 amide bonds. The summed E-state index contributed by atoms with van der Waals surface area (Å²) in [5.41, 5.74) is 0. The molecular formula is C59H102O6. The van der Waals surface area contributed by atoms with E-state index in [4.69, 9.17) is 14.2 Å². The van der Waals surface area contributed by atoms with Gasteiger partial charge in [0.05, 0.1) is 0 Å². The smallest absolute Gasteiger partial charge is 0.306 e. The van der Waals surface area contributed by atoms with E-state index in [1.54, 1.807) is 0 Å². The summed E-state index contributed by atoms with van der Waals surface area (Å²) in [5, 5.41) is 0. The second-order valence-electron chi connectivity index (χ2n) is 18.1. The Balaban J connectivity index is 4.40. The van der Waals surface area contributed by atoms with Gasteiger partial charge in [-0.1, -0.05) is 241 Å². The zero-order valence-electron chi connectivity index (χ0n) is 42.7. The summed E-state index contributed by atoms with van der Waals surface area (Å²) in [5.74, 6) is -0.962. The van der Waals surface area contributed by atoms with Crippen LogP contribution in [-0.4, -0.2) is 37.2 Å². The molecule has 0 aromatic rings. The molecule has 374 valence electrons. The molecule has 0 fully saturated rings. The first-order chi connectivity index (χ1) is 32.0. The molecule has 0 rings (SSSR count). The van der Waals surface area contributed by atoms with Crippen molar-refractivity contribution in [1.82, 2.24) is 0 Å². The van der Waals surface area contributed by atoms with Gasteiger partial charge in [-0.3, -0.25) is 14.4 Å². The standard InChI is InChI=1S/C59H102O6/c1-4-7-10-13-16-19-22-24-26-28-29-31-32-34-37-40-43-46-49-52-58(61)64-55-56(54-63-57(60)51-48-45-42-39-36-21-18-15-12-9-6-3)65-59(62)53-50-47-44-41-38-35-33-30-27-25-23-20-17-14-11-8-5-2/h8,11,15,17-18,20,25,27,33,35,41,44,56H,4-7,9-10,12-14,16,19,21-24,26,28-32,34,36-40,42-43,45-55H2,1-3H3/b11-8-,18-15-,20-17-,27-25-,35-33-,44-41-/t56-/m0/s1. The molecule has 0 saturated carbocycles. The van der Waals surface area contributed by atoms with E-state index >= 15 is 0 Å². The molecule has 65 heavy (non-hydrogen) atoms. The number of rotatable bonds is 49. The molecule has 6 heteroatoms. The van der Waals surface area contributed by atoms with Crippen LogP contribution in [0.3, 0.4) is 0 Å². The molecule has 0 aromatic carbocycles. The van der Waals surface area contributed by atoms with Gasteiger partial charge in [-0.05, 0) is 77.0 Å². The van der Waals surface area contributed by atoms with Gasteiger partial charge in [-0.15, -0.1) is 0 Å². The van der Waals surface area contributed by atoms with Crippen LogP contribution in [0.4, 0.5) is 0 Å². The molecule has 0 aliphatic rings. The monoisotopic (exact) mass is 907 g/mol. The molecule has 0 spiro atoms. The molecule has 0 saturated heterocycles. The Morgan fingerprint density at radius 3 is 1.05 bits per heavy atom. The van der Waals surface area contributed by atoms with Crippen molar-refractivity contribution in [2.75, 3.05) is 13.2 Å². The number of hydrogen-bond donors (Lipinski definition) is 0. The topological polar surface area (TPSA) is 78.9 Å². The largest absolute Gasteiger partial charge is 0.462 e. The van der Waals surface area contributed by atoms with Crippen molar-refractivity contribution in [2.24, 2.45) is 0 Å². The van der Waals surface area contributed by atoms with Gasteiger partial charge in [0.2, 0.25) is 0 Å². The van der Waals surface area contributed by atoms with Crippen LogP contribution in [0.15, 0.2) is 72.9 Å². The van der Waals surface area contributed by atoms with E-state index in [1.807, 2.05) is 0 Å². The molecule has 0 aliphatic carbocycles. The van der Waals surface area contributed by atoms with Crippen LogP contribution < -0.4 is 0 Å². The predicted molar refractivity (Wildman–Crippen MR) is 279 cm³/mol. The third-order valence-electron chi connectivity index (χ3n) is 11.7. The van der Waals surface area contributed by atoms with Gasteiger partial charge in [0, 0.05) is 19.3 Å². The highest BCUT2D eigenvalue weighted by Crippen LogP contribution is 2.16. The Morgan fingerprint density at radius 2 is 0.631 bits per heavy atom. The van der Waals surface area contributed by atoms with E-state index in [-0.39, 0.29) is 37.5 Å². The van der Waals surface area contributed by atoms with Crippen LogP contribution in [0, 0.1) is 0 Å². The summed E-state index contributed by atoms with van der Waals surface area (Å²) in [6.07, 6.45) is 67.6. The minimum atomic E-state index is -0.806. The molecule has 0 aliphatic heterocycles. The van der Waals surface area contributed by atoms with E-state index in [1.165, 1.54) is 128 Å². The van der Waals surface area contributed by atoms with E-state index in [0.29, 0.717) is 19.3 Å². The van der Waals surface area contributed by atoms with Crippen LogP contribution in [0.1, 0.15) is 265 Å². The maximum absolute atomic E-state index is 12.8. The number of carbonyl (C=O) groups is 3. The number of esters is 3. The molecule has 0 heterocycles. The van der Waals surface area contributed by atoms with E-state index in [9.17, 15) is 14.4 Å². The second kappa shape index (κ2) is 53.5. The van der Waals surface area contributed by atoms with Crippen molar-refractivity contribution in [3.05, 3.63) is 72.9 Å². The SMILES string of the molecule is CC/C=C\C/C=C\C/C=C\C/C=C\C/C=C\CCCC(=O)O[C@@H](COC(=O)CCCCCCC/C=C\CCCC)COC(=O)CCCCCCCCCCCCCCCCCCCCC. The summed E-state index contributed by atoms with van der Waals surface area (Å²) in [4.78, 5) is 38.0. The maximum Gasteiger partial charge on any atom is 0.306 e. The average molecular weight is 907 g/mol. The van der Waals surface area contributed by atoms with Crippen molar-refractivity contribution in [2.45, 2.75) is 271 Å². The summed E-state index contributed by atoms with van der Waals surface area (Å²) in [7, 11) is 0. The van der Waals surface area contributed by atoms with E-state index in [2.05, 4.69) is 93.7 Å². The molecule has 0 aromatic heterocycles. The fraction of sp³-hybridized carbons (Fsp3) is 0.746. The fourth-order valence-electron chi connectivity index (χ4n) is 7.58. The van der Waals surface area contributed by atoms with Gasteiger partial charge in [0.15, 0.2) is 6.10 Å². The molecule has 1 atom stereocenters. The van der Waals surface area contributed by atoms with Gasteiger partial charge < -0.3 is 14.2 Å². The lowest BCUT2D eigenvalue weighted by Gasteiger charge is -2.18. The van der Waals surface area contributed by atoms with Gasteiger partial charge in [0.25, 0.3) is 0 Å². The van der Waals surface area contributed by atoms with Gasteiger partial charge >= 0.3 is 17.9 Å². The quantitative estimate of drug-likeness (QED) is 0.0262. The van der Waals surface area contributed by atoms with Crippen molar-refractivity contribution >= 4 is 17.9 Å². The molecule has 0 unspecified atom stereocenters. The lowest BCUT2D eigenvalue weighted by molar-refractivity contribution is -0.167. The van der Waals surface area contributed by atoms with E-state index < -0.39 is 6.10 Å². The highest BCUT2D eigenvalue weighted by Gasteiger charge is 2.19. The molecule has 0 radical (unpaired) electrons. The molecule has 0 bridgehead atoms. The number of hydrogen-bond acceptors (Lipinski definition) is 6. The van der Waals surface area contributed by atoms with Crippen LogP contribution in [0.25, 0.3) is 0 Å². The number of unbranched alkanes of at least 4 members (excludes halogenated alkanes) is 26. The number of ether oxygens (including phenoxy) is 3. The van der Waals surface area contributed by atoms with Crippen molar-refractivity contribution in [1.29, 1.82) is 0 Å². The summed E-state index contributed by atoms with van der Waals surface area (Å²) in [6, 6.07) is 0. The Labute approximate surface area is 402 Å². The highest BCUT2D eigenvalue weighted by atomic mass is 16.6. The van der Waals surface area contributed by atoms with Gasteiger partial charge in [-0.25, -0.2) is 0 Å². The Kier molecular flexibility index (Phi) is 50.9. The summed E-state index contributed by atoms with van der Waals surface area (Å²) < 4.78 is 16.8. The zero-order chi connectivity index (χ0) is 47.2.